The van der Waals surface area contributed by atoms with E-state index in [-0.39, 0.29) is 37.3 Å². The topological polar surface area (TPSA) is 80.5 Å². The summed E-state index contributed by atoms with van der Waals surface area (Å²) < 4.78 is 6.72. The molecular weight excluding hydrogens is 317 g/mol. The average molecular weight is 336 g/mol. The van der Waals surface area contributed by atoms with E-state index in [0.717, 1.165) is 5.65 Å². The third kappa shape index (κ3) is 5.84. The van der Waals surface area contributed by atoms with E-state index in [1.54, 1.807) is 7.11 Å². The summed E-state index contributed by atoms with van der Waals surface area (Å²) in [5.41, 5.74) is 0.768. The SMILES string of the molecule is COCCNCC(=O)NCc1nnc2ccccn12.Cl.Cl. The Kier molecular flexibility index (Phi) is 9.64. The van der Waals surface area contributed by atoms with Crippen molar-refractivity contribution < 1.29 is 9.53 Å². The van der Waals surface area contributed by atoms with Crippen LogP contribution in [0.2, 0.25) is 0 Å². The number of nitrogens with one attached hydrogen (secondary N) is 2. The lowest BCUT2D eigenvalue weighted by Gasteiger charge is -2.05. The molecule has 0 spiro atoms. The fraction of sp³-hybridized carbons (Fsp3) is 0.417. The highest BCUT2D eigenvalue weighted by Crippen LogP contribution is 2.01. The van der Waals surface area contributed by atoms with Crippen LogP contribution in [0.5, 0.6) is 0 Å². The monoisotopic (exact) mass is 335 g/mol. The molecule has 2 aromatic rings. The molecule has 0 aromatic carbocycles. The standard InChI is InChI=1S/C12H17N5O2.2ClH/c1-19-7-5-13-9-12(18)14-8-11-16-15-10-4-2-3-6-17(10)11;;/h2-4,6,13H,5,7-9H2,1H3,(H,14,18);2*1H. The number of carbonyl (C=O) groups is 1. The van der Waals surface area contributed by atoms with E-state index in [2.05, 4.69) is 20.8 Å². The van der Waals surface area contributed by atoms with Gasteiger partial charge in [-0.05, 0) is 12.1 Å². The van der Waals surface area contributed by atoms with Crippen LogP contribution < -0.4 is 10.6 Å². The van der Waals surface area contributed by atoms with Crippen molar-refractivity contribution >= 4 is 36.4 Å². The van der Waals surface area contributed by atoms with Gasteiger partial charge in [0, 0.05) is 19.9 Å². The van der Waals surface area contributed by atoms with Crippen LogP contribution >= 0.6 is 24.8 Å². The molecule has 2 rings (SSSR count). The molecule has 1 amide bonds. The van der Waals surface area contributed by atoms with Gasteiger partial charge in [-0.3, -0.25) is 9.20 Å². The predicted molar refractivity (Wildman–Crippen MR) is 84.1 cm³/mol. The molecule has 0 saturated carbocycles. The smallest absolute Gasteiger partial charge is 0.234 e. The summed E-state index contributed by atoms with van der Waals surface area (Å²) in [7, 11) is 1.62. The van der Waals surface area contributed by atoms with Crippen molar-refractivity contribution in [1.82, 2.24) is 25.2 Å². The maximum Gasteiger partial charge on any atom is 0.234 e. The highest BCUT2D eigenvalue weighted by atomic mass is 35.5. The lowest BCUT2D eigenvalue weighted by molar-refractivity contribution is -0.120. The Morgan fingerprint density at radius 3 is 2.90 bits per heavy atom. The van der Waals surface area contributed by atoms with Gasteiger partial charge in [0.1, 0.15) is 0 Å². The van der Waals surface area contributed by atoms with Gasteiger partial charge in [-0.1, -0.05) is 6.07 Å². The second kappa shape index (κ2) is 10.3. The van der Waals surface area contributed by atoms with Crippen LogP contribution in [-0.2, 0) is 16.1 Å². The van der Waals surface area contributed by atoms with Crippen LogP contribution in [0.3, 0.4) is 0 Å². The normalized spacial score (nSPS) is 9.76. The fourth-order valence-corrected chi connectivity index (χ4v) is 1.63. The van der Waals surface area contributed by atoms with Gasteiger partial charge in [-0.2, -0.15) is 0 Å². The van der Waals surface area contributed by atoms with Gasteiger partial charge in [0.15, 0.2) is 11.5 Å². The Balaban J connectivity index is 0.00000200. The number of hydrogen-bond donors (Lipinski definition) is 2. The van der Waals surface area contributed by atoms with E-state index < -0.39 is 0 Å². The highest BCUT2D eigenvalue weighted by molar-refractivity contribution is 5.85. The number of pyridine rings is 1. The summed E-state index contributed by atoms with van der Waals surface area (Å²) in [5.74, 6) is 0.629. The highest BCUT2D eigenvalue weighted by Gasteiger charge is 2.06. The van der Waals surface area contributed by atoms with Gasteiger partial charge in [-0.15, -0.1) is 35.0 Å². The minimum Gasteiger partial charge on any atom is -0.383 e. The summed E-state index contributed by atoms with van der Waals surface area (Å²) >= 11 is 0. The van der Waals surface area contributed by atoms with E-state index in [1.165, 1.54) is 0 Å². The molecule has 0 unspecified atom stereocenters. The molecule has 2 N–H and O–H groups in total. The van der Waals surface area contributed by atoms with Gasteiger partial charge < -0.3 is 15.4 Å². The number of hydrogen-bond acceptors (Lipinski definition) is 5. The van der Waals surface area contributed by atoms with E-state index >= 15 is 0 Å². The number of carbonyl (C=O) groups excluding carboxylic acids is 1. The van der Waals surface area contributed by atoms with Crippen LogP contribution in [0.4, 0.5) is 0 Å². The van der Waals surface area contributed by atoms with E-state index in [0.29, 0.717) is 25.5 Å². The zero-order chi connectivity index (χ0) is 13.5. The maximum atomic E-state index is 11.6. The Morgan fingerprint density at radius 2 is 2.14 bits per heavy atom. The van der Waals surface area contributed by atoms with Gasteiger partial charge in [-0.25, -0.2) is 0 Å². The summed E-state index contributed by atoms with van der Waals surface area (Å²) in [6, 6.07) is 5.66. The van der Waals surface area contributed by atoms with E-state index in [4.69, 9.17) is 4.74 Å². The first kappa shape index (κ1) is 19.6. The molecule has 0 aliphatic rings. The average Bonchev–Trinajstić information content (AvgIpc) is 2.85. The van der Waals surface area contributed by atoms with Crippen molar-refractivity contribution in [3.05, 3.63) is 30.2 Å². The van der Waals surface area contributed by atoms with Crippen LogP contribution in [-0.4, -0.2) is 47.3 Å². The molecule has 2 aromatic heterocycles. The lowest BCUT2D eigenvalue weighted by Crippen LogP contribution is -2.35. The molecule has 0 aliphatic heterocycles. The third-order valence-electron chi connectivity index (χ3n) is 2.60. The first-order valence-corrected chi connectivity index (χ1v) is 6.06. The molecule has 2 heterocycles. The van der Waals surface area contributed by atoms with Gasteiger partial charge in [0.05, 0.1) is 19.7 Å². The van der Waals surface area contributed by atoms with Crippen molar-refractivity contribution in [3.63, 3.8) is 0 Å². The molecule has 0 aliphatic carbocycles. The third-order valence-corrected chi connectivity index (χ3v) is 2.60. The van der Waals surface area contributed by atoms with Crippen LogP contribution in [0.15, 0.2) is 24.4 Å². The molecule has 7 nitrogen and oxygen atoms in total. The number of halogens is 2. The molecule has 0 saturated heterocycles. The number of rotatable bonds is 7. The Bertz CT molecular complexity index is 549. The second-order valence-electron chi connectivity index (χ2n) is 3.99. The number of nitrogens with zero attached hydrogens (tertiary/aromatic N) is 3. The molecule has 0 bridgehead atoms. The number of methoxy groups -OCH3 is 1. The van der Waals surface area contributed by atoms with Crippen molar-refractivity contribution in [2.75, 3.05) is 26.8 Å². The van der Waals surface area contributed by atoms with Crippen molar-refractivity contribution in [1.29, 1.82) is 0 Å². The summed E-state index contributed by atoms with van der Waals surface area (Å²) in [5, 5.41) is 13.8. The van der Waals surface area contributed by atoms with Crippen molar-refractivity contribution in [3.8, 4) is 0 Å². The number of fused-ring (bicyclic) bond motifs is 1. The summed E-state index contributed by atoms with van der Waals surface area (Å²) in [6.07, 6.45) is 1.87. The van der Waals surface area contributed by atoms with E-state index in [9.17, 15) is 4.79 Å². The zero-order valence-corrected chi connectivity index (χ0v) is 13.2. The summed E-state index contributed by atoms with van der Waals surface area (Å²) in [6.45, 7) is 1.86. The number of amides is 1. The number of aromatic nitrogens is 3. The maximum absolute atomic E-state index is 11.6. The zero-order valence-electron chi connectivity index (χ0n) is 11.6. The molecule has 118 valence electrons. The molecule has 21 heavy (non-hydrogen) atoms. The molecule has 0 fully saturated rings. The van der Waals surface area contributed by atoms with Crippen LogP contribution in [0, 0.1) is 0 Å². The Labute approximate surface area is 135 Å². The van der Waals surface area contributed by atoms with Gasteiger partial charge >= 0.3 is 0 Å². The van der Waals surface area contributed by atoms with Crippen LogP contribution in [0.1, 0.15) is 5.82 Å². The van der Waals surface area contributed by atoms with Crippen molar-refractivity contribution in [2.24, 2.45) is 0 Å². The van der Waals surface area contributed by atoms with Crippen LogP contribution in [0.25, 0.3) is 5.65 Å². The molecule has 0 atom stereocenters. The Morgan fingerprint density at radius 1 is 1.33 bits per heavy atom. The van der Waals surface area contributed by atoms with Gasteiger partial charge in [0.2, 0.25) is 5.91 Å². The predicted octanol–water partition coefficient (Wildman–Crippen LogP) is 0.425. The van der Waals surface area contributed by atoms with Gasteiger partial charge in [0.25, 0.3) is 0 Å². The fourth-order valence-electron chi connectivity index (χ4n) is 1.63. The Hall–Kier alpha value is -1.41. The molecule has 9 heteroatoms. The quantitative estimate of drug-likeness (QED) is 0.717. The second-order valence-corrected chi connectivity index (χ2v) is 3.99. The first-order valence-electron chi connectivity index (χ1n) is 6.06. The molecular formula is C12H19Cl2N5O2. The lowest BCUT2D eigenvalue weighted by atomic mass is 10.4. The van der Waals surface area contributed by atoms with Crippen molar-refractivity contribution in [2.45, 2.75) is 6.54 Å². The van der Waals surface area contributed by atoms with E-state index in [1.807, 2.05) is 28.8 Å². The first-order chi connectivity index (χ1) is 9.31. The summed E-state index contributed by atoms with van der Waals surface area (Å²) in [4.78, 5) is 11.6. The minimum absolute atomic E-state index is 0. The largest absolute Gasteiger partial charge is 0.383 e. The molecule has 0 radical (unpaired) electrons. The number of ether oxygens (including phenoxy) is 1. The minimum atomic E-state index is -0.0798.